The van der Waals surface area contributed by atoms with Gasteiger partial charge in [0.15, 0.2) is 0 Å². The third-order valence-corrected chi connectivity index (χ3v) is 2.61. The van der Waals surface area contributed by atoms with E-state index in [-0.39, 0.29) is 6.54 Å². The van der Waals surface area contributed by atoms with Crippen LogP contribution in [0.4, 0.5) is 14.5 Å². The molecule has 0 aliphatic carbocycles. The first-order valence-corrected chi connectivity index (χ1v) is 5.65. The number of benzene rings is 2. The standard InChI is InChI=1S/C14H14F2N2/c1-10-7-11(14(16)8-13(10)15)9-17-18-12-5-3-2-4-6-12/h2-8,17-18H,9H2,1H3. The second-order valence-corrected chi connectivity index (χ2v) is 4.04. The van der Waals surface area contributed by atoms with Crippen LogP contribution in [-0.4, -0.2) is 0 Å². The molecule has 0 spiro atoms. The summed E-state index contributed by atoms with van der Waals surface area (Å²) < 4.78 is 26.5. The number of hydrogen-bond donors (Lipinski definition) is 2. The number of aryl methyl sites for hydroxylation is 1. The summed E-state index contributed by atoms with van der Waals surface area (Å²) in [4.78, 5) is 0. The lowest BCUT2D eigenvalue weighted by Crippen LogP contribution is -2.21. The zero-order valence-electron chi connectivity index (χ0n) is 10.0. The van der Waals surface area contributed by atoms with Gasteiger partial charge in [0.1, 0.15) is 11.6 Å². The molecule has 0 unspecified atom stereocenters. The summed E-state index contributed by atoms with van der Waals surface area (Å²) >= 11 is 0. The molecule has 0 amide bonds. The van der Waals surface area contributed by atoms with Gasteiger partial charge in [-0.1, -0.05) is 18.2 Å². The molecule has 0 saturated heterocycles. The van der Waals surface area contributed by atoms with Crippen LogP contribution in [0, 0.1) is 18.6 Å². The molecule has 0 aliphatic rings. The Hall–Kier alpha value is -1.94. The molecule has 2 nitrogen and oxygen atoms in total. The molecule has 2 rings (SSSR count). The second-order valence-electron chi connectivity index (χ2n) is 4.04. The fourth-order valence-electron chi connectivity index (χ4n) is 1.62. The molecule has 0 heterocycles. The molecule has 4 heteroatoms. The van der Waals surface area contributed by atoms with E-state index in [1.54, 1.807) is 6.92 Å². The summed E-state index contributed by atoms with van der Waals surface area (Å²) in [6.07, 6.45) is 0. The Balaban J connectivity index is 1.97. The minimum absolute atomic E-state index is 0.280. The lowest BCUT2D eigenvalue weighted by atomic mass is 10.1. The van der Waals surface area contributed by atoms with Crippen LogP contribution in [0.2, 0.25) is 0 Å². The van der Waals surface area contributed by atoms with E-state index < -0.39 is 11.6 Å². The smallest absolute Gasteiger partial charge is 0.130 e. The molecular weight excluding hydrogens is 234 g/mol. The van der Waals surface area contributed by atoms with Crippen LogP contribution >= 0.6 is 0 Å². The van der Waals surface area contributed by atoms with Gasteiger partial charge in [-0.2, -0.15) is 0 Å². The van der Waals surface area contributed by atoms with Gasteiger partial charge >= 0.3 is 0 Å². The highest BCUT2D eigenvalue weighted by atomic mass is 19.1. The lowest BCUT2D eigenvalue weighted by Gasteiger charge is -2.10. The first-order chi connectivity index (χ1) is 8.66. The second kappa shape index (κ2) is 5.60. The van der Waals surface area contributed by atoms with Crippen molar-refractivity contribution in [2.24, 2.45) is 0 Å². The first kappa shape index (κ1) is 12.5. The van der Waals surface area contributed by atoms with Crippen LogP contribution in [0.1, 0.15) is 11.1 Å². The van der Waals surface area contributed by atoms with Crippen molar-refractivity contribution < 1.29 is 8.78 Å². The van der Waals surface area contributed by atoms with Crippen LogP contribution < -0.4 is 10.9 Å². The fraction of sp³-hybridized carbons (Fsp3) is 0.143. The summed E-state index contributed by atoms with van der Waals surface area (Å²) in [7, 11) is 0. The van der Waals surface area contributed by atoms with Gasteiger partial charge in [-0.15, -0.1) is 0 Å². The van der Waals surface area contributed by atoms with Crippen molar-refractivity contribution >= 4 is 5.69 Å². The fourth-order valence-corrected chi connectivity index (χ4v) is 1.62. The van der Waals surface area contributed by atoms with Crippen molar-refractivity contribution in [2.45, 2.75) is 13.5 Å². The van der Waals surface area contributed by atoms with Gasteiger partial charge in [0.05, 0.1) is 0 Å². The summed E-state index contributed by atoms with van der Waals surface area (Å²) in [6.45, 7) is 1.89. The molecule has 0 fully saturated rings. The highest BCUT2D eigenvalue weighted by Gasteiger charge is 2.06. The summed E-state index contributed by atoms with van der Waals surface area (Å²) in [6, 6.07) is 11.9. The normalized spacial score (nSPS) is 10.4. The zero-order valence-corrected chi connectivity index (χ0v) is 10.0. The zero-order chi connectivity index (χ0) is 13.0. The number of hydrogen-bond acceptors (Lipinski definition) is 2. The monoisotopic (exact) mass is 248 g/mol. The van der Waals surface area contributed by atoms with Crippen LogP contribution in [0.25, 0.3) is 0 Å². The van der Waals surface area contributed by atoms with Gasteiger partial charge < -0.3 is 5.43 Å². The first-order valence-electron chi connectivity index (χ1n) is 5.65. The van der Waals surface area contributed by atoms with E-state index in [2.05, 4.69) is 10.9 Å². The van der Waals surface area contributed by atoms with E-state index in [1.807, 2.05) is 30.3 Å². The Morgan fingerprint density at radius 2 is 1.72 bits per heavy atom. The van der Waals surface area contributed by atoms with E-state index in [0.29, 0.717) is 11.1 Å². The van der Waals surface area contributed by atoms with Crippen molar-refractivity contribution in [3.05, 3.63) is 65.2 Å². The topological polar surface area (TPSA) is 24.1 Å². The maximum Gasteiger partial charge on any atom is 0.130 e. The molecule has 94 valence electrons. The van der Waals surface area contributed by atoms with Crippen LogP contribution in [-0.2, 0) is 6.54 Å². The minimum Gasteiger partial charge on any atom is -0.321 e. The molecule has 0 saturated carbocycles. The van der Waals surface area contributed by atoms with E-state index in [0.717, 1.165) is 11.8 Å². The number of anilines is 1. The molecule has 0 atom stereocenters. The van der Waals surface area contributed by atoms with Crippen molar-refractivity contribution in [2.75, 3.05) is 5.43 Å². The Bertz CT molecular complexity index is 527. The summed E-state index contributed by atoms with van der Waals surface area (Å²) in [5.41, 5.74) is 7.59. The van der Waals surface area contributed by atoms with Gasteiger partial charge in [-0.05, 0) is 30.7 Å². The van der Waals surface area contributed by atoms with Gasteiger partial charge in [0, 0.05) is 23.9 Å². The average Bonchev–Trinajstić information content (AvgIpc) is 2.37. The Morgan fingerprint density at radius 3 is 2.44 bits per heavy atom. The number of para-hydroxylation sites is 1. The van der Waals surface area contributed by atoms with E-state index in [4.69, 9.17) is 0 Å². The quantitative estimate of drug-likeness (QED) is 0.810. The van der Waals surface area contributed by atoms with E-state index in [1.165, 1.54) is 6.07 Å². The van der Waals surface area contributed by atoms with Crippen molar-refractivity contribution in [1.29, 1.82) is 0 Å². The van der Waals surface area contributed by atoms with Crippen molar-refractivity contribution in [3.63, 3.8) is 0 Å². The highest BCUT2D eigenvalue weighted by molar-refractivity contribution is 5.41. The average molecular weight is 248 g/mol. The molecule has 0 radical (unpaired) electrons. The van der Waals surface area contributed by atoms with Crippen LogP contribution in [0.5, 0.6) is 0 Å². The number of hydrazine groups is 1. The summed E-state index contributed by atoms with van der Waals surface area (Å²) in [5, 5.41) is 0. The molecule has 18 heavy (non-hydrogen) atoms. The van der Waals surface area contributed by atoms with E-state index in [9.17, 15) is 8.78 Å². The van der Waals surface area contributed by atoms with Crippen molar-refractivity contribution in [3.8, 4) is 0 Å². The Labute approximate surface area is 105 Å². The maximum atomic E-state index is 13.4. The van der Waals surface area contributed by atoms with Gasteiger partial charge in [0.25, 0.3) is 0 Å². The molecule has 0 aliphatic heterocycles. The van der Waals surface area contributed by atoms with Gasteiger partial charge in [0.2, 0.25) is 0 Å². The molecule has 0 aromatic heterocycles. The minimum atomic E-state index is -0.541. The van der Waals surface area contributed by atoms with Crippen LogP contribution in [0.15, 0.2) is 42.5 Å². The highest BCUT2D eigenvalue weighted by Crippen LogP contribution is 2.14. The predicted molar refractivity (Wildman–Crippen MR) is 68.0 cm³/mol. The largest absolute Gasteiger partial charge is 0.321 e. The number of rotatable bonds is 4. The van der Waals surface area contributed by atoms with Crippen LogP contribution in [0.3, 0.4) is 0 Å². The molecular formula is C14H14F2N2. The maximum absolute atomic E-state index is 13.4. The molecule has 0 bridgehead atoms. The molecule has 2 aromatic carbocycles. The summed E-state index contributed by atoms with van der Waals surface area (Å²) in [5.74, 6) is -1.06. The Morgan fingerprint density at radius 1 is 1.00 bits per heavy atom. The van der Waals surface area contributed by atoms with E-state index >= 15 is 0 Å². The molecule has 2 N–H and O–H groups in total. The van der Waals surface area contributed by atoms with Crippen molar-refractivity contribution in [1.82, 2.24) is 5.43 Å². The third kappa shape index (κ3) is 3.05. The van der Waals surface area contributed by atoms with Gasteiger partial charge in [-0.25, -0.2) is 14.2 Å². The number of nitrogens with one attached hydrogen (secondary N) is 2. The lowest BCUT2D eigenvalue weighted by molar-refractivity contribution is 0.561. The SMILES string of the molecule is Cc1cc(CNNc2ccccc2)c(F)cc1F. The van der Waals surface area contributed by atoms with Gasteiger partial charge in [-0.3, -0.25) is 0 Å². The predicted octanol–water partition coefficient (Wildman–Crippen LogP) is 3.39. The molecule has 2 aromatic rings. The Kier molecular flexibility index (Phi) is 3.89. The third-order valence-electron chi connectivity index (χ3n) is 2.61. The number of halogens is 2.